The molecule has 0 aromatic heterocycles. The molecular weight excluding hydrogens is 277 g/mol. The summed E-state index contributed by atoms with van der Waals surface area (Å²) >= 11 is 0.492. The van der Waals surface area contributed by atoms with Gasteiger partial charge < -0.3 is 0 Å². The fourth-order valence-corrected chi connectivity index (χ4v) is 4.49. The minimum absolute atomic E-state index is 0.297. The molecule has 1 unspecified atom stereocenters. The van der Waals surface area contributed by atoms with Crippen molar-refractivity contribution < 1.29 is 4.74 Å². The molecule has 1 aromatic carbocycles. The Morgan fingerprint density at radius 2 is 2.06 bits per heavy atom. The summed E-state index contributed by atoms with van der Waals surface area (Å²) in [4.78, 5) is 4.83. The van der Waals surface area contributed by atoms with Crippen LogP contribution in [-0.2, 0) is 4.74 Å². The quantitative estimate of drug-likeness (QED) is 0.786. The number of rotatable bonds is 3. The first-order valence-corrected chi connectivity index (χ1v) is 8.13. The predicted molar refractivity (Wildman–Crippen MR) is 72.9 cm³/mol. The molecule has 17 heavy (non-hydrogen) atoms. The van der Waals surface area contributed by atoms with E-state index in [-0.39, 0.29) is 5.72 Å². The number of benzene rings is 1. The average Bonchev–Trinajstić information content (AvgIpc) is 2.30. The van der Waals surface area contributed by atoms with Crippen LogP contribution in [0.1, 0.15) is 31.4 Å². The van der Waals surface area contributed by atoms with Gasteiger partial charge in [-0.3, -0.25) is 0 Å². The Kier molecular flexibility index (Phi) is 4.03. The summed E-state index contributed by atoms with van der Waals surface area (Å²) in [5, 5.41) is 1.22. The van der Waals surface area contributed by atoms with E-state index in [4.69, 9.17) is 9.73 Å². The molecule has 0 N–H and O–H groups in total. The second kappa shape index (κ2) is 5.34. The molecule has 92 valence electrons. The van der Waals surface area contributed by atoms with Crippen LogP contribution in [0.3, 0.4) is 0 Å². The number of hydrogen-bond acceptors (Lipinski definition) is 2. The van der Waals surface area contributed by atoms with Gasteiger partial charge in [-0.25, -0.2) is 0 Å². The molecule has 1 aliphatic heterocycles. The van der Waals surface area contributed by atoms with E-state index in [1.54, 1.807) is 0 Å². The molecule has 1 atom stereocenters. The molecule has 3 heteroatoms. The molecule has 0 spiro atoms. The van der Waals surface area contributed by atoms with Crippen LogP contribution in [0.15, 0.2) is 29.3 Å². The van der Waals surface area contributed by atoms with Crippen molar-refractivity contribution in [2.75, 3.05) is 6.61 Å². The minimum atomic E-state index is -0.297. The van der Waals surface area contributed by atoms with Gasteiger partial charge in [0, 0.05) is 0 Å². The van der Waals surface area contributed by atoms with Crippen molar-refractivity contribution in [3.63, 3.8) is 0 Å². The summed E-state index contributed by atoms with van der Waals surface area (Å²) in [6.07, 6.45) is 1.05. The van der Waals surface area contributed by atoms with Crippen LogP contribution >= 0.6 is 0 Å². The van der Waals surface area contributed by atoms with E-state index in [0.29, 0.717) is 15.0 Å². The normalized spacial score (nSPS) is 24.5. The third-order valence-electron chi connectivity index (χ3n) is 2.90. The predicted octanol–water partition coefficient (Wildman–Crippen LogP) is 3.02. The molecule has 0 bridgehead atoms. The van der Waals surface area contributed by atoms with Crippen LogP contribution in [0.4, 0.5) is 0 Å². The van der Waals surface area contributed by atoms with Gasteiger partial charge in [0.05, 0.1) is 0 Å². The molecule has 0 saturated carbocycles. The van der Waals surface area contributed by atoms with Crippen LogP contribution in [-0.4, -0.2) is 31.9 Å². The SMILES string of the molecule is CCOC1(C)CC[Se]C(c2ccc(C)cc2)=N1. The maximum absolute atomic E-state index is 5.77. The molecule has 0 aliphatic carbocycles. The van der Waals surface area contributed by atoms with Gasteiger partial charge >= 0.3 is 110 Å². The zero-order chi connectivity index (χ0) is 12.3. The van der Waals surface area contributed by atoms with E-state index in [1.165, 1.54) is 21.1 Å². The number of ether oxygens (including phenoxy) is 1. The monoisotopic (exact) mass is 297 g/mol. The summed E-state index contributed by atoms with van der Waals surface area (Å²) in [7, 11) is 0. The Bertz CT molecular complexity index is 413. The van der Waals surface area contributed by atoms with Gasteiger partial charge in [0.2, 0.25) is 0 Å². The molecule has 0 radical (unpaired) electrons. The number of hydrogen-bond donors (Lipinski definition) is 0. The van der Waals surface area contributed by atoms with Gasteiger partial charge in [-0.2, -0.15) is 0 Å². The van der Waals surface area contributed by atoms with E-state index in [2.05, 4.69) is 38.1 Å². The van der Waals surface area contributed by atoms with Gasteiger partial charge in [-0.15, -0.1) is 0 Å². The summed E-state index contributed by atoms with van der Waals surface area (Å²) in [6.45, 7) is 6.97. The summed E-state index contributed by atoms with van der Waals surface area (Å²) in [5.74, 6) is 0. The van der Waals surface area contributed by atoms with Crippen molar-refractivity contribution in [3.05, 3.63) is 35.4 Å². The summed E-state index contributed by atoms with van der Waals surface area (Å²) in [5.41, 5.74) is 2.26. The molecule has 0 saturated heterocycles. The van der Waals surface area contributed by atoms with Gasteiger partial charge in [0.1, 0.15) is 0 Å². The second-order valence-electron chi connectivity index (χ2n) is 4.49. The van der Waals surface area contributed by atoms with Crippen molar-refractivity contribution in [2.45, 2.75) is 38.2 Å². The van der Waals surface area contributed by atoms with Crippen molar-refractivity contribution in [1.29, 1.82) is 0 Å². The van der Waals surface area contributed by atoms with E-state index < -0.39 is 0 Å². The molecule has 1 heterocycles. The van der Waals surface area contributed by atoms with Crippen LogP contribution in [0.25, 0.3) is 0 Å². The first-order chi connectivity index (χ1) is 8.13. The maximum atomic E-state index is 5.77. The van der Waals surface area contributed by atoms with E-state index in [9.17, 15) is 0 Å². The Morgan fingerprint density at radius 3 is 2.71 bits per heavy atom. The fourth-order valence-electron chi connectivity index (χ4n) is 1.90. The molecule has 0 fully saturated rings. The molecule has 1 aromatic rings. The number of aryl methyl sites for hydroxylation is 1. The molecule has 2 rings (SSSR count). The van der Waals surface area contributed by atoms with Gasteiger partial charge in [0.15, 0.2) is 0 Å². The van der Waals surface area contributed by atoms with Crippen molar-refractivity contribution in [3.8, 4) is 0 Å². The zero-order valence-electron chi connectivity index (χ0n) is 10.7. The van der Waals surface area contributed by atoms with E-state index in [1.807, 2.05) is 6.92 Å². The number of aliphatic imine (C=N–C) groups is 1. The molecule has 2 nitrogen and oxygen atoms in total. The standard InChI is InChI=1S/C14H19NOSe/c1-4-16-14(3)9-10-17-13(15-14)12-7-5-11(2)6-8-12/h5-8H,4,9-10H2,1-3H3. The summed E-state index contributed by atoms with van der Waals surface area (Å²) < 4.78 is 7.02. The first kappa shape index (κ1) is 12.8. The molecule has 0 amide bonds. The zero-order valence-corrected chi connectivity index (χ0v) is 12.4. The van der Waals surface area contributed by atoms with Crippen molar-refractivity contribution in [2.24, 2.45) is 4.99 Å². The third kappa shape index (κ3) is 3.18. The Hall–Kier alpha value is -0.631. The van der Waals surface area contributed by atoms with Crippen LogP contribution in [0.2, 0.25) is 5.32 Å². The molecule has 1 aliphatic rings. The second-order valence-corrected chi connectivity index (χ2v) is 6.76. The first-order valence-electron chi connectivity index (χ1n) is 6.06. The van der Waals surface area contributed by atoms with Crippen LogP contribution in [0.5, 0.6) is 0 Å². The van der Waals surface area contributed by atoms with Crippen molar-refractivity contribution >= 4 is 19.6 Å². The van der Waals surface area contributed by atoms with Gasteiger partial charge in [-0.1, -0.05) is 0 Å². The van der Waals surface area contributed by atoms with Crippen LogP contribution in [0, 0.1) is 6.92 Å². The van der Waals surface area contributed by atoms with Crippen molar-refractivity contribution in [1.82, 2.24) is 0 Å². The Morgan fingerprint density at radius 1 is 1.35 bits per heavy atom. The van der Waals surface area contributed by atoms with Gasteiger partial charge in [-0.05, 0) is 0 Å². The topological polar surface area (TPSA) is 21.6 Å². The summed E-state index contributed by atoms with van der Waals surface area (Å²) in [6, 6.07) is 8.66. The molecular formula is C14H19NOSe. The Labute approximate surface area is 110 Å². The average molecular weight is 296 g/mol. The van der Waals surface area contributed by atoms with E-state index >= 15 is 0 Å². The van der Waals surface area contributed by atoms with Crippen LogP contribution < -0.4 is 0 Å². The third-order valence-corrected chi connectivity index (χ3v) is 5.01. The number of nitrogens with zero attached hydrogens (tertiary/aromatic N) is 1. The fraction of sp³-hybridized carbons (Fsp3) is 0.500. The van der Waals surface area contributed by atoms with Gasteiger partial charge in [0.25, 0.3) is 0 Å². The van der Waals surface area contributed by atoms with E-state index in [0.717, 1.165) is 13.0 Å². The Balaban J connectivity index is 2.25.